The summed E-state index contributed by atoms with van der Waals surface area (Å²) in [6, 6.07) is 3.62. The van der Waals surface area contributed by atoms with Crippen LogP contribution < -0.4 is 4.90 Å². The molecule has 5 unspecified atom stereocenters. The van der Waals surface area contributed by atoms with Gasteiger partial charge in [-0.15, -0.1) is 0 Å². The van der Waals surface area contributed by atoms with Gasteiger partial charge in [0.15, 0.2) is 12.2 Å². The SMILES string of the molecule is Brc1cncc(N2C(CN3CCOCC3)CC3CC32)c1.O=C(O)C(O)C(O)C(=O)O. The summed E-state index contributed by atoms with van der Waals surface area (Å²) in [6.07, 6.45) is 2.05. The third-order valence-corrected chi connectivity index (χ3v) is 6.01. The highest BCUT2D eigenvalue weighted by molar-refractivity contribution is 9.10. The van der Waals surface area contributed by atoms with Crippen LogP contribution in [0.1, 0.15) is 12.8 Å². The lowest BCUT2D eigenvalue weighted by Crippen LogP contribution is -2.46. The van der Waals surface area contributed by atoms with E-state index in [0.29, 0.717) is 6.04 Å². The molecular weight excluding hydrogens is 462 g/mol. The summed E-state index contributed by atoms with van der Waals surface area (Å²) in [5.74, 6) is -2.62. The van der Waals surface area contributed by atoms with Gasteiger partial charge in [0, 0.05) is 42.4 Å². The second kappa shape index (κ2) is 10.0. The van der Waals surface area contributed by atoms with Crippen molar-refractivity contribution >= 4 is 33.6 Å². The van der Waals surface area contributed by atoms with E-state index >= 15 is 0 Å². The summed E-state index contributed by atoms with van der Waals surface area (Å²) in [5, 5.41) is 32.5. The molecule has 0 bridgehead atoms. The van der Waals surface area contributed by atoms with Gasteiger partial charge >= 0.3 is 11.9 Å². The van der Waals surface area contributed by atoms with Gasteiger partial charge in [-0.05, 0) is 40.8 Å². The largest absolute Gasteiger partial charge is 0.479 e. The van der Waals surface area contributed by atoms with Crippen molar-refractivity contribution in [2.24, 2.45) is 5.92 Å². The molecular formula is C19H26BrN3O7. The van der Waals surface area contributed by atoms with Crippen LogP contribution in [0.5, 0.6) is 0 Å². The molecule has 1 aromatic rings. The van der Waals surface area contributed by atoms with E-state index in [2.05, 4.69) is 36.8 Å². The molecule has 10 nitrogen and oxygen atoms in total. The number of anilines is 1. The van der Waals surface area contributed by atoms with Crippen molar-refractivity contribution in [2.45, 2.75) is 37.1 Å². The molecule has 2 saturated heterocycles. The highest BCUT2D eigenvalue weighted by Gasteiger charge is 2.52. The molecule has 0 radical (unpaired) electrons. The van der Waals surface area contributed by atoms with Crippen LogP contribution in [0, 0.1) is 5.92 Å². The number of carbonyl (C=O) groups is 2. The average molecular weight is 488 g/mol. The molecule has 1 saturated carbocycles. The number of carboxylic acid groups (broad SMARTS) is 2. The average Bonchev–Trinajstić information content (AvgIpc) is 3.38. The number of pyridine rings is 1. The number of halogens is 1. The molecule has 5 atom stereocenters. The highest BCUT2D eigenvalue weighted by atomic mass is 79.9. The molecule has 166 valence electrons. The molecule has 4 N–H and O–H groups in total. The van der Waals surface area contributed by atoms with Gasteiger partial charge in [0.1, 0.15) is 0 Å². The number of piperidine rings is 1. The van der Waals surface area contributed by atoms with E-state index in [4.69, 9.17) is 25.2 Å². The maximum atomic E-state index is 9.77. The molecule has 3 aliphatic rings. The molecule has 3 heterocycles. The van der Waals surface area contributed by atoms with Crippen molar-refractivity contribution in [3.63, 3.8) is 0 Å². The van der Waals surface area contributed by atoms with E-state index in [-0.39, 0.29) is 0 Å². The minimum atomic E-state index is -2.27. The number of morpholine rings is 1. The first-order chi connectivity index (χ1) is 14.3. The Hall–Kier alpha value is -1.79. The van der Waals surface area contributed by atoms with Gasteiger partial charge in [-0.25, -0.2) is 9.59 Å². The van der Waals surface area contributed by atoms with Crippen LogP contribution in [0.25, 0.3) is 0 Å². The Morgan fingerprint density at radius 2 is 1.77 bits per heavy atom. The Morgan fingerprint density at radius 3 is 2.33 bits per heavy atom. The van der Waals surface area contributed by atoms with Crippen LogP contribution in [0.15, 0.2) is 22.9 Å². The predicted molar refractivity (Wildman–Crippen MR) is 109 cm³/mol. The normalized spacial score (nSPS) is 27.4. The van der Waals surface area contributed by atoms with Crippen LogP contribution in [0.2, 0.25) is 0 Å². The topological polar surface area (TPSA) is 144 Å². The Bertz CT molecular complexity index is 743. The van der Waals surface area contributed by atoms with E-state index in [1.165, 1.54) is 25.1 Å². The van der Waals surface area contributed by atoms with Crippen LogP contribution in [0.3, 0.4) is 0 Å². The summed E-state index contributed by atoms with van der Waals surface area (Å²) >= 11 is 3.55. The first-order valence-corrected chi connectivity index (χ1v) is 10.6. The number of rotatable bonds is 6. The third kappa shape index (κ3) is 5.67. The van der Waals surface area contributed by atoms with Crippen molar-refractivity contribution in [1.29, 1.82) is 0 Å². The maximum absolute atomic E-state index is 9.77. The Balaban J connectivity index is 0.000000220. The monoisotopic (exact) mass is 487 g/mol. The number of aliphatic hydroxyl groups is 2. The number of fused-ring (bicyclic) bond motifs is 1. The molecule has 3 fully saturated rings. The lowest BCUT2D eigenvalue weighted by molar-refractivity contribution is -0.165. The fourth-order valence-electron chi connectivity index (χ4n) is 4.02. The van der Waals surface area contributed by atoms with Crippen molar-refractivity contribution < 1.29 is 34.8 Å². The lowest BCUT2D eigenvalue weighted by atomic mass is 10.1. The van der Waals surface area contributed by atoms with E-state index in [1.54, 1.807) is 0 Å². The molecule has 2 aliphatic heterocycles. The van der Waals surface area contributed by atoms with Gasteiger partial charge in [0.05, 0.1) is 25.1 Å². The zero-order valence-corrected chi connectivity index (χ0v) is 17.9. The Morgan fingerprint density at radius 1 is 1.13 bits per heavy atom. The van der Waals surface area contributed by atoms with Gasteiger partial charge in [0.25, 0.3) is 0 Å². The smallest absolute Gasteiger partial charge is 0.335 e. The number of hydrogen-bond acceptors (Lipinski definition) is 8. The van der Waals surface area contributed by atoms with Gasteiger partial charge in [0.2, 0.25) is 0 Å². The van der Waals surface area contributed by atoms with Gasteiger partial charge in [-0.3, -0.25) is 9.88 Å². The zero-order valence-electron chi connectivity index (χ0n) is 16.3. The van der Waals surface area contributed by atoms with E-state index in [0.717, 1.165) is 42.7 Å². The molecule has 1 aliphatic carbocycles. The van der Waals surface area contributed by atoms with Crippen LogP contribution in [0.4, 0.5) is 5.69 Å². The Kier molecular flexibility index (Phi) is 7.64. The third-order valence-electron chi connectivity index (χ3n) is 5.58. The quantitative estimate of drug-likeness (QED) is 0.433. The fraction of sp³-hybridized carbons (Fsp3) is 0.632. The first kappa shape index (κ1) is 22.9. The fourth-order valence-corrected chi connectivity index (χ4v) is 4.37. The minimum Gasteiger partial charge on any atom is -0.479 e. The summed E-state index contributed by atoms with van der Waals surface area (Å²) in [7, 11) is 0. The van der Waals surface area contributed by atoms with Crippen LogP contribution in [-0.2, 0) is 14.3 Å². The Labute approximate surface area is 182 Å². The van der Waals surface area contributed by atoms with E-state index in [1.807, 2.05) is 12.4 Å². The second-order valence-corrected chi connectivity index (χ2v) is 8.62. The standard InChI is InChI=1S/C15H20BrN3O.C4H6O6/c16-12-7-13(9-17-8-12)19-14(5-11-6-15(11)19)10-18-1-3-20-4-2-18;5-1(3(7)8)2(6)4(9)10/h7-9,11,14-15H,1-6,10H2;1-2,5-6H,(H,7,8)(H,9,10). The van der Waals surface area contributed by atoms with E-state index < -0.39 is 24.1 Å². The predicted octanol–water partition coefficient (Wildman–Crippen LogP) is 0.0209. The number of ether oxygens (including phenoxy) is 1. The van der Waals surface area contributed by atoms with Crippen molar-refractivity contribution in [1.82, 2.24) is 9.88 Å². The molecule has 30 heavy (non-hydrogen) atoms. The molecule has 4 rings (SSSR count). The van der Waals surface area contributed by atoms with Gasteiger partial charge < -0.3 is 30.1 Å². The van der Waals surface area contributed by atoms with Crippen molar-refractivity contribution in [2.75, 3.05) is 37.7 Å². The first-order valence-electron chi connectivity index (χ1n) is 9.78. The van der Waals surface area contributed by atoms with E-state index in [9.17, 15) is 9.59 Å². The minimum absolute atomic E-state index is 0.646. The summed E-state index contributed by atoms with van der Waals surface area (Å²) in [4.78, 5) is 29.1. The molecule has 0 amide bonds. The number of nitrogens with zero attached hydrogens (tertiary/aromatic N) is 3. The highest BCUT2D eigenvalue weighted by Crippen LogP contribution is 2.50. The lowest BCUT2D eigenvalue weighted by Gasteiger charge is -2.35. The zero-order chi connectivity index (χ0) is 21.8. The molecule has 0 spiro atoms. The molecule has 0 aromatic carbocycles. The van der Waals surface area contributed by atoms with Crippen LogP contribution >= 0.6 is 15.9 Å². The number of aliphatic hydroxyl groups excluding tert-OH is 2. The van der Waals surface area contributed by atoms with Gasteiger partial charge in [-0.1, -0.05) is 0 Å². The number of carboxylic acids is 2. The van der Waals surface area contributed by atoms with Crippen molar-refractivity contribution in [3.05, 3.63) is 22.9 Å². The van der Waals surface area contributed by atoms with Crippen LogP contribution in [-0.4, -0.2) is 99.4 Å². The number of aliphatic carboxylic acids is 2. The molecule has 1 aromatic heterocycles. The maximum Gasteiger partial charge on any atom is 0.335 e. The number of hydrogen-bond donors (Lipinski definition) is 4. The van der Waals surface area contributed by atoms with Gasteiger partial charge in [-0.2, -0.15) is 0 Å². The summed E-state index contributed by atoms with van der Waals surface area (Å²) in [6.45, 7) is 5.10. The number of aromatic nitrogens is 1. The second-order valence-electron chi connectivity index (χ2n) is 7.70. The summed E-state index contributed by atoms with van der Waals surface area (Å²) < 4.78 is 6.52. The summed E-state index contributed by atoms with van der Waals surface area (Å²) in [5.41, 5.74) is 1.28. The van der Waals surface area contributed by atoms with Crippen molar-refractivity contribution in [3.8, 4) is 0 Å². The molecule has 11 heteroatoms.